The quantitative estimate of drug-likeness (QED) is 0.0744. The average molecular weight is 821 g/mol. The predicted molar refractivity (Wildman–Crippen MR) is 202 cm³/mol. The van der Waals surface area contributed by atoms with Crippen LogP contribution in [0, 0.1) is 30.3 Å². The Morgan fingerprint density at radius 2 is 1.17 bits per heavy atom. The third-order valence-corrected chi connectivity index (χ3v) is 8.73. The standard InChI is InChI=1S/C37H40N8O14/c1-23-31(36(48)56-20-14-27(58-44(52)53)12-18-40-34(46)29-10-3-5-16-38-29)33(25-8-7-9-26(22-25)43(50)51)32(24(2)42-23)37(49)57-21-15-28(59-45(54)55)13-19-41-35(47)30-11-4-6-17-39-30/h3-11,16-17,22,27-28,33,42H,12-15,18-21H2,1-2H3,(H,40,46)(H,41,47). The highest BCUT2D eigenvalue weighted by Crippen LogP contribution is 2.40. The molecule has 0 aliphatic carbocycles. The zero-order chi connectivity index (χ0) is 42.9. The molecule has 22 heteroatoms. The molecule has 1 aliphatic rings. The summed E-state index contributed by atoms with van der Waals surface area (Å²) in [6.07, 6.45) is 0.194. The number of nitrogens with one attached hydrogen (secondary N) is 3. The first-order chi connectivity index (χ1) is 28.2. The van der Waals surface area contributed by atoms with Gasteiger partial charge in [-0.2, -0.15) is 0 Å². The van der Waals surface area contributed by atoms with Gasteiger partial charge in [-0.25, -0.2) is 9.59 Å². The number of ether oxygens (including phenoxy) is 2. The Labute approximate surface area is 335 Å². The molecule has 1 aliphatic heterocycles. The number of benzene rings is 1. The van der Waals surface area contributed by atoms with E-state index in [-0.39, 0.29) is 84.0 Å². The molecular weight excluding hydrogens is 780 g/mol. The summed E-state index contributed by atoms with van der Waals surface area (Å²) in [7, 11) is 0. The molecule has 59 heavy (non-hydrogen) atoms. The lowest BCUT2D eigenvalue weighted by atomic mass is 9.80. The average Bonchev–Trinajstić information content (AvgIpc) is 3.20. The Hall–Kier alpha value is -7.52. The molecule has 3 aromatic rings. The van der Waals surface area contributed by atoms with Crippen LogP contribution in [-0.4, -0.2) is 87.3 Å². The van der Waals surface area contributed by atoms with Gasteiger partial charge in [0.05, 0.1) is 35.2 Å². The third kappa shape index (κ3) is 13.3. The number of aromatic nitrogens is 2. The first-order valence-corrected chi connectivity index (χ1v) is 18.0. The summed E-state index contributed by atoms with van der Waals surface area (Å²) < 4.78 is 11.1. The number of nitrogens with zero attached hydrogens (tertiary/aromatic N) is 5. The second-order valence-corrected chi connectivity index (χ2v) is 12.8. The Kier molecular flexibility index (Phi) is 16.3. The summed E-state index contributed by atoms with van der Waals surface area (Å²) in [6, 6.07) is 14.7. The highest BCUT2D eigenvalue weighted by molar-refractivity contribution is 6.00. The number of carbonyl (C=O) groups excluding carboxylic acids is 4. The van der Waals surface area contributed by atoms with Crippen LogP contribution in [0.2, 0.25) is 0 Å². The summed E-state index contributed by atoms with van der Waals surface area (Å²) in [4.78, 5) is 103. The Balaban J connectivity index is 1.46. The van der Waals surface area contributed by atoms with Gasteiger partial charge < -0.3 is 35.1 Å². The largest absolute Gasteiger partial charge is 0.462 e. The van der Waals surface area contributed by atoms with Crippen molar-refractivity contribution in [3.8, 4) is 0 Å². The monoisotopic (exact) mass is 820 g/mol. The van der Waals surface area contributed by atoms with Crippen molar-refractivity contribution in [1.29, 1.82) is 0 Å². The molecule has 312 valence electrons. The van der Waals surface area contributed by atoms with E-state index in [2.05, 4.69) is 25.9 Å². The highest BCUT2D eigenvalue weighted by Gasteiger charge is 2.39. The van der Waals surface area contributed by atoms with E-state index in [0.717, 1.165) is 0 Å². The fourth-order valence-corrected chi connectivity index (χ4v) is 6.02. The van der Waals surface area contributed by atoms with Crippen LogP contribution in [0.15, 0.2) is 95.6 Å². The number of carbonyl (C=O) groups is 4. The molecule has 2 unspecified atom stereocenters. The van der Waals surface area contributed by atoms with Gasteiger partial charge in [0.15, 0.2) is 0 Å². The van der Waals surface area contributed by atoms with Crippen LogP contribution in [0.5, 0.6) is 0 Å². The molecule has 3 heterocycles. The Morgan fingerprint density at radius 3 is 1.58 bits per heavy atom. The van der Waals surface area contributed by atoms with E-state index in [9.17, 15) is 49.5 Å². The van der Waals surface area contributed by atoms with E-state index >= 15 is 0 Å². The predicted octanol–water partition coefficient (Wildman–Crippen LogP) is 3.28. The van der Waals surface area contributed by atoms with E-state index in [1.807, 2.05) is 0 Å². The molecule has 0 fully saturated rings. The Bertz CT molecular complexity index is 1960. The number of non-ortho nitro benzene ring substituents is 1. The normalized spacial score (nSPS) is 14.5. The van der Waals surface area contributed by atoms with E-state index in [1.54, 1.807) is 24.3 Å². The van der Waals surface area contributed by atoms with Crippen LogP contribution in [0.3, 0.4) is 0 Å². The van der Waals surface area contributed by atoms with E-state index in [1.165, 1.54) is 62.6 Å². The van der Waals surface area contributed by atoms with Crippen molar-refractivity contribution in [2.24, 2.45) is 0 Å². The summed E-state index contributed by atoms with van der Waals surface area (Å²) in [5, 5.41) is 40.2. The minimum absolute atomic E-state index is 0.0397. The minimum Gasteiger partial charge on any atom is -0.462 e. The van der Waals surface area contributed by atoms with Crippen LogP contribution in [0.25, 0.3) is 0 Å². The van der Waals surface area contributed by atoms with Gasteiger partial charge in [0.1, 0.15) is 23.6 Å². The fraction of sp³-hybridized carbons (Fsp3) is 0.351. The van der Waals surface area contributed by atoms with Crippen molar-refractivity contribution < 1.29 is 53.4 Å². The molecule has 2 atom stereocenters. The maximum atomic E-state index is 13.8. The summed E-state index contributed by atoms with van der Waals surface area (Å²) in [6.45, 7) is 2.13. The van der Waals surface area contributed by atoms with Crippen molar-refractivity contribution in [2.75, 3.05) is 26.3 Å². The summed E-state index contributed by atoms with van der Waals surface area (Å²) >= 11 is 0. The second-order valence-electron chi connectivity index (χ2n) is 12.8. The van der Waals surface area contributed by atoms with Crippen molar-refractivity contribution in [1.82, 2.24) is 25.9 Å². The number of pyridine rings is 2. The molecular formula is C37H40N8O14. The first kappa shape index (κ1) is 44.2. The van der Waals surface area contributed by atoms with Gasteiger partial charge in [0.2, 0.25) is 0 Å². The molecule has 3 N–H and O–H groups in total. The molecule has 1 aromatic carbocycles. The first-order valence-electron chi connectivity index (χ1n) is 18.0. The summed E-state index contributed by atoms with van der Waals surface area (Å²) in [5.41, 5.74) is 0.265. The SMILES string of the molecule is CC1=C(C(=O)OCCC(CCNC(=O)c2ccccn2)O[N+](=O)[O-])C(c2cccc([N+](=O)[O-])c2)C(C(=O)OCCC(CCNC(=O)c2ccccn2)O[N+](=O)[O-])=C(C)N1. The Morgan fingerprint density at radius 1 is 0.695 bits per heavy atom. The van der Waals surface area contributed by atoms with E-state index < -0.39 is 70.2 Å². The second kappa shape index (κ2) is 21.7. The smallest absolute Gasteiger partial charge is 0.336 e. The highest BCUT2D eigenvalue weighted by atomic mass is 17.0. The number of nitro groups is 1. The molecule has 0 spiro atoms. The van der Waals surface area contributed by atoms with E-state index in [4.69, 9.17) is 19.1 Å². The lowest BCUT2D eigenvalue weighted by Crippen LogP contribution is -2.33. The van der Waals surface area contributed by atoms with Gasteiger partial charge in [-0.05, 0) is 56.5 Å². The molecule has 22 nitrogen and oxygen atoms in total. The van der Waals surface area contributed by atoms with Crippen LogP contribution >= 0.6 is 0 Å². The van der Waals surface area contributed by atoms with E-state index in [0.29, 0.717) is 0 Å². The number of hydrogen-bond acceptors (Lipinski definition) is 17. The molecule has 2 amide bonds. The van der Waals surface area contributed by atoms with Crippen molar-refractivity contribution in [3.63, 3.8) is 0 Å². The lowest BCUT2D eigenvalue weighted by molar-refractivity contribution is -0.769. The number of allylic oxidation sites excluding steroid dienone is 2. The number of rotatable bonds is 22. The molecule has 0 bridgehead atoms. The number of amides is 2. The molecule has 4 rings (SSSR count). The third-order valence-electron chi connectivity index (χ3n) is 8.73. The van der Waals surface area contributed by atoms with Gasteiger partial charge >= 0.3 is 11.9 Å². The molecule has 0 radical (unpaired) electrons. The topological polar surface area (TPSA) is 296 Å². The number of hydrogen-bond donors (Lipinski definition) is 3. The molecule has 0 saturated heterocycles. The maximum Gasteiger partial charge on any atom is 0.336 e. The van der Waals surface area contributed by atoms with Gasteiger partial charge in [0.25, 0.3) is 27.7 Å². The van der Waals surface area contributed by atoms with Gasteiger partial charge in [-0.15, -0.1) is 20.2 Å². The van der Waals surface area contributed by atoms with Crippen molar-refractivity contribution in [2.45, 2.75) is 57.7 Å². The van der Waals surface area contributed by atoms with Gasteiger partial charge in [-0.1, -0.05) is 24.3 Å². The fourth-order valence-electron chi connectivity index (χ4n) is 6.02. The van der Waals surface area contributed by atoms with Crippen LogP contribution in [0.4, 0.5) is 5.69 Å². The number of nitro benzene ring substituents is 1. The number of dihydropyridines is 1. The molecule has 0 saturated carbocycles. The minimum atomic E-state index is -1.28. The van der Waals surface area contributed by atoms with Gasteiger partial charge in [0, 0.05) is 61.9 Å². The molecule has 2 aromatic heterocycles. The zero-order valence-electron chi connectivity index (χ0n) is 31.8. The van der Waals surface area contributed by atoms with Crippen LogP contribution in [-0.2, 0) is 28.7 Å². The van der Waals surface area contributed by atoms with Crippen LogP contribution in [0.1, 0.15) is 72.0 Å². The maximum absolute atomic E-state index is 13.8. The van der Waals surface area contributed by atoms with Crippen molar-refractivity contribution in [3.05, 3.63) is 143 Å². The van der Waals surface area contributed by atoms with Crippen LogP contribution < -0.4 is 16.0 Å². The zero-order valence-corrected chi connectivity index (χ0v) is 31.8. The lowest BCUT2D eigenvalue weighted by Gasteiger charge is -2.30. The number of esters is 2. The van der Waals surface area contributed by atoms with Gasteiger partial charge in [-0.3, -0.25) is 29.7 Å². The van der Waals surface area contributed by atoms with Crippen molar-refractivity contribution >= 4 is 29.4 Å². The summed E-state index contributed by atoms with van der Waals surface area (Å²) in [5.74, 6) is -4.25.